The molecule has 0 radical (unpaired) electrons. The zero-order valence-corrected chi connectivity index (χ0v) is 23.3. The molecule has 1 N–H and O–H groups in total. The first-order chi connectivity index (χ1) is 17.3. The van der Waals surface area contributed by atoms with E-state index in [0.29, 0.717) is 13.0 Å². The van der Waals surface area contributed by atoms with Crippen LogP contribution >= 0.6 is 15.9 Å². The van der Waals surface area contributed by atoms with Crippen LogP contribution in [0.1, 0.15) is 65.7 Å². The lowest BCUT2D eigenvalue weighted by Crippen LogP contribution is -2.61. The van der Waals surface area contributed by atoms with Crippen molar-refractivity contribution in [3.63, 3.8) is 0 Å². The van der Waals surface area contributed by atoms with E-state index in [1.54, 1.807) is 17.9 Å². The van der Waals surface area contributed by atoms with Gasteiger partial charge in [0.05, 0.1) is 37.2 Å². The number of esters is 1. The molecule has 9 heteroatoms. The largest absolute Gasteiger partial charge is 0.466 e. The van der Waals surface area contributed by atoms with Gasteiger partial charge in [-0.1, -0.05) is 61.5 Å². The Bertz CT molecular complexity index is 863. The standard InChI is InChI=1S/C27H41BrN2O6/c1-5-13-29(17-11-9-8-10-12-17)25(33)23-27-14-18(28)22(36-27)20(26(34)35-7-3)21(27)24(32)30(23)19(15-31)16(4)6-2/h5,16-23,31H,1,6-15H2,2-4H3/t16-,18?,19-,20-,21-,22-,23?,27?/m0/s1. The van der Waals surface area contributed by atoms with Gasteiger partial charge in [-0.2, -0.15) is 0 Å². The Morgan fingerprint density at radius 3 is 2.61 bits per heavy atom. The summed E-state index contributed by atoms with van der Waals surface area (Å²) in [5.74, 6) is -2.53. The summed E-state index contributed by atoms with van der Waals surface area (Å²) < 4.78 is 11.9. The molecule has 2 bridgehead atoms. The van der Waals surface area contributed by atoms with Gasteiger partial charge in [0.25, 0.3) is 0 Å². The summed E-state index contributed by atoms with van der Waals surface area (Å²) in [4.78, 5) is 45.2. The number of ether oxygens (including phenoxy) is 2. The van der Waals surface area contributed by atoms with Crippen LogP contribution in [0.4, 0.5) is 0 Å². The smallest absolute Gasteiger partial charge is 0.312 e. The first kappa shape index (κ1) is 27.6. The maximum absolute atomic E-state index is 14.5. The first-order valence-corrected chi connectivity index (χ1v) is 14.5. The van der Waals surface area contributed by atoms with Gasteiger partial charge < -0.3 is 24.4 Å². The quantitative estimate of drug-likeness (QED) is 0.247. The maximum atomic E-state index is 14.5. The van der Waals surface area contributed by atoms with Gasteiger partial charge >= 0.3 is 5.97 Å². The van der Waals surface area contributed by atoms with Crippen molar-refractivity contribution in [3.05, 3.63) is 12.7 Å². The monoisotopic (exact) mass is 568 g/mol. The van der Waals surface area contributed by atoms with Crippen LogP contribution in [0, 0.1) is 17.8 Å². The molecule has 4 fully saturated rings. The van der Waals surface area contributed by atoms with E-state index in [-0.39, 0.29) is 41.8 Å². The zero-order valence-electron chi connectivity index (χ0n) is 21.7. The average molecular weight is 570 g/mol. The summed E-state index contributed by atoms with van der Waals surface area (Å²) in [5, 5.41) is 10.5. The molecule has 3 aliphatic heterocycles. The van der Waals surface area contributed by atoms with Crippen LogP contribution in [0.25, 0.3) is 0 Å². The Hall–Kier alpha value is -1.45. The molecule has 1 saturated carbocycles. The second-order valence-corrected chi connectivity index (χ2v) is 12.0. The number of rotatable bonds is 10. The van der Waals surface area contributed by atoms with E-state index in [1.807, 2.05) is 18.7 Å². The van der Waals surface area contributed by atoms with Crippen LogP contribution < -0.4 is 0 Å². The predicted molar refractivity (Wildman–Crippen MR) is 138 cm³/mol. The van der Waals surface area contributed by atoms with Gasteiger partial charge in [-0.05, 0) is 32.1 Å². The van der Waals surface area contributed by atoms with Crippen molar-refractivity contribution in [1.29, 1.82) is 0 Å². The van der Waals surface area contributed by atoms with Crippen molar-refractivity contribution < 1.29 is 29.0 Å². The van der Waals surface area contributed by atoms with Crippen LogP contribution in [0.15, 0.2) is 12.7 Å². The van der Waals surface area contributed by atoms with Crippen molar-refractivity contribution in [2.24, 2.45) is 17.8 Å². The third-order valence-electron chi connectivity index (χ3n) is 8.99. The molecule has 1 aliphatic carbocycles. The van der Waals surface area contributed by atoms with Crippen LogP contribution in [-0.4, -0.2) is 87.1 Å². The number of carbonyl (C=O) groups is 3. The number of amides is 2. The molecule has 2 amide bonds. The summed E-state index contributed by atoms with van der Waals surface area (Å²) in [6, 6.07) is -1.38. The number of hydrogen-bond donors (Lipinski definition) is 1. The number of fused-ring (bicyclic) bond motifs is 1. The predicted octanol–water partition coefficient (Wildman–Crippen LogP) is 3.05. The fourth-order valence-corrected chi connectivity index (χ4v) is 8.08. The summed E-state index contributed by atoms with van der Waals surface area (Å²) >= 11 is 3.69. The Morgan fingerprint density at radius 2 is 2.03 bits per heavy atom. The molecule has 0 aromatic carbocycles. The molecule has 4 rings (SSSR count). The second-order valence-electron chi connectivity index (χ2n) is 10.9. The van der Waals surface area contributed by atoms with Crippen molar-refractivity contribution in [2.45, 2.75) is 100 Å². The molecule has 3 heterocycles. The van der Waals surface area contributed by atoms with E-state index in [9.17, 15) is 19.5 Å². The molecule has 202 valence electrons. The highest BCUT2D eigenvalue weighted by molar-refractivity contribution is 9.09. The van der Waals surface area contributed by atoms with E-state index in [0.717, 1.165) is 38.5 Å². The minimum Gasteiger partial charge on any atom is -0.466 e. The van der Waals surface area contributed by atoms with Crippen molar-refractivity contribution in [2.75, 3.05) is 19.8 Å². The van der Waals surface area contributed by atoms with Gasteiger partial charge in [-0.25, -0.2) is 0 Å². The Labute approximate surface area is 222 Å². The van der Waals surface area contributed by atoms with E-state index < -0.39 is 41.6 Å². The summed E-state index contributed by atoms with van der Waals surface area (Å²) in [5.41, 5.74) is -1.14. The lowest BCUT2D eigenvalue weighted by atomic mass is 9.70. The van der Waals surface area contributed by atoms with Gasteiger partial charge in [0, 0.05) is 17.4 Å². The molecular formula is C27H41BrN2O6. The first-order valence-electron chi connectivity index (χ1n) is 13.6. The molecule has 8 nitrogen and oxygen atoms in total. The van der Waals surface area contributed by atoms with Crippen LogP contribution in [0.2, 0.25) is 0 Å². The lowest BCUT2D eigenvalue weighted by molar-refractivity contribution is -0.157. The van der Waals surface area contributed by atoms with E-state index in [2.05, 4.69) is 22.5 Å². The van der Waals surface area contributed by atoms with Gasteiger partial charge in [0.1, 0.15) is 11.6 Å². The minimum absolute atomic E-state index is 0.0370. The number of carbonyl (C=O) groups excluding carboxylic acids is 3. The SMILES string of the molecule is C=CCN(C(=O)C1N([C@@H](CO)[C@@H](C)CC)C(=O)[C@@H]2[C@H](C(=O)OCC)[C@H]3OC12CC3Br)C1CCCCC1. The number of nitrogens with zero attached hydrogens (tertiary/aromatic N) is 2. The third-order valence-corrected chi connectivity index (χ3v) is 9.83. The minimum atomic E-state index is -1.14. The molecule has 0 aromatic rings. The summed E-state index contributed by atoms with van der Waals surface area (Å²) in [7, 11) is 0. The normalized spacial score (nSPS) is 35.4. The molecule has 3 saturated heterocycles. The van der Waals surface area contributed by atoms with Crippen molar-refractivity contribution in [1.82, 2.24) is 9.80 Å². The number of hydrogen-bond acceptors (Lipinski definition) is 6. The highest BCUT2D eigenvalue weighted by atomic mass is 79.9. The Balaban J connectivity index is 1.81. The lowest BCUT2D eigenvalue weighted by Gasteiger charge is -2.43. The number of halogens is 1. The van der Waals surface area contributed by atoms with E-state index in [4.69, 9.17) is 9.47 Å². The summed E-state index contributed by atoms with van der Waals surface area (Å²) in [6.07, 6.45) is 7.50. The van der Waals surface area contributed by atoms with Gasteiger partial charge in [-0.3, -0.25) is 14.4 Å². The van der Waals surface area contributed by atoms with E-state index >= 15 is 0 Å². The Kier molecular flexibility index (Phi) is 8.52. The fraction of sp³-hybridized carbons (Fsp3) is 0.815. The molecule has 4 aliphatic rings. The maximum Gasteiger partial charge on any atom is 0.312 e. The average Bonchev–Trinajstić information content (AvgIpc) is 3.47. The fourth-order valence-electron chi connectivity index (χ4n) is 7.13. The number of alkyl halides is 1. The molecule has 8 atom stereocenters. The topological polar surface area (TPSA) is 96.4 Å². The number of aliphatic hydroxyl groups is 1. The van der Waals surface area contributed by atoms with Gasteiger partial charge in [0.15, 0.2) is 0 Å². The Morgan fingerprint density at radius 1 is 1.33 bits per heavy atom. The summed E-state index contributed by atoms with van der Waals surface area (Å²) in [6.45, 7) is 9.96. The van der Waals surface area contributed by atoms with Crippen LogP contribution in [0.3, 0.4) is 0 Å². The van der Waals surface area contributed by atoms with Crippen molar-refractivity contribution >= 4 is 33.7 Å². The number of aliphatic hydroxyl groups excluding tert-OH is 1. The highest BCUT2D eigenvalue weighted by Crippen LogP contribution is 2.61. The number of likely N-dealkylation sites (tertiary alicyclic amines) is 1. The molecule has 36 heavy (non-hydrogen) atoms. The molecule has 0 aromatic heterocycles. The van der Waals surface area contributed by atoms with E-state index in [1.165, 1.54) is 0 Å². The molecular weight excluding hydrogens is 528 g/mol. The molecule has 1 spiro atoms. The van der Waals surface area contributed by atoms with Gasteiger partial charge in [0.2, 0.25) is 11.8 Å². The third kappa shape index (κ3) is 4.33. The van der Waals surface area contributed by atoms with Crippen LogP contribution in [-0.2, 0) is 23.9 Å². The van der Waals surface area contributed by atoms with Gasteiger partial charge in [-0.15, -0.1) is 6.58 Å². The second kappa shape index (κ2) is 11.1. The highest BCUT2D eigenvalue weighted by Gasteiger charge is 2.77. The molecule has 3 unspecified atom stereocenters. The zero-order chi connectivity index (χ0) is 26.2. The van der Waals surface area contributed by atoms with Crippen molar-refractivity contribution in [3.8, 4) is 0 Å². The van der Waals surface area contributed by atoms with Crippen LogP contribution in [0.5, 0.6) is 0 Å².